The summed E-state index contributed by atoms with van der Waals surface area (Å²) in [6.07, 6.45) is 0.306. The van der Waals surface area contributed by atoms with Crippen molar-refractivity contribution in [1.29, 1.82) is 0 Å². The van der Waals surface area contributed by atoms with Gasteiger partial charge in [0, 0.05) is 13.1 Å². The largest absolute Gasteiger partial charge is 0.397 e. The average molecular weight is 353 g/mol. The molecule has 0 amide bonds. The zero-order valence-corrected chi connectivity index (χ0v) is 14.1. The molecule has 1 aliphatic rings. The number of rotatable bonds is 3. The van der Waals surface area contributed by atoms with E-state index in [0.29, 0.717) is 17.0 Å². The molecule has 1 saturated heterocycles. The third-order valence-corrected chi connectivity index (χ3v) is 7.81. The number of nitrogens with two attached hydrogens (primary N) is 1. The first kappa shape index (κ1) is 16.5. The normalized spacial score (nSPS) is 21.8. The van der Waals surface area contributed by atoms with Gasteiger partial charge in [0.1, 0.15) is 0 Å². The molecule has 0 radical (unpaired) electrons. The summed E-state index contributed by atoms with van der Waals surface area (Å²) in [6, 6.07) is 2.19. The summed E-state index contributed by atoms with van der Waals surface area (Å²) in [5.74, 6) is -0.135. The van der Waals surface area contributed by atoms with Crippen molar-refractivity contribution in [2.75, 3.05) is 24.3 Å². The molecule has 0 bridgehead atoms. The van der Waals surface area contributed by atoms with Crippen LogP contribution in [0.2, 0.25) is 5.02 Å². The molecule has 1 fully saturated rings. The Morgan fingerprint density at radius 1 is 1.38 bits per heavy atom. The van der Waals surface area contributed by atoms with Crippen LogP contribution in [0, 0.1) is 6.92 Å². The van der Waals surface area contributed by atoms with Crippen molar-refractivity contribution in [1.82, 2.24) is 4.31 Å². The monoisotopic (exact) mass is 352 g/mol. The van der Waals surface area contributed by atoms with Crippen molar-refractivity contribution in [2.24, 2.45) is 0 Å². The van der Waals surface area contributed by atoms with E-state index in [1.165, 1.54) is 19.2 Å². The van der Waals surface area contributed by atoms with Crippen molar-refractivity contribution in [2.45, 2.75) is 24.3 Å². The Balaban J connectivity index is 2.38. The first-order valence-corrected chi connectivity index (χ1v) is 9.92. The van der Waals surface area contributed by atoms with E-state index >= 15 is 0 Å². The highest BCUT2D eigenvalue weighted by Gasteiger charge is 2.36. The van der Waals surface area contributed by atoms with Gasteiger partial charge in [0.25, 0.3) is 0 Å². The smallest absolute Gasteiger partial charge is 0.243 e. The van der Waals surface area contributed by atoms with E-state index in [-0.39, 0.29) is 22.1 Å². The predicted octanol–water partition coefficient (Wildman–Crippen LogP) is 1.04. The van der Waals surface area contributed by atoms with Gasteiger partial charge < -0.3 is 5.73 Å². The Bertz CT molecular complexity index is 751. The third-order valence-electron chi connectivity index (χ3n) is 3.66. The first-order chi connectivity index (χ1) is 9.54. The Morgan fingerprint density at radius 2 is 2.00 bits per heavy atom. The fraction of sp³-hybridized carbons (Fsp3) is 0.500. The topological polar surface area (TPSA) is 97.5 Å². The van der Waals surface area contributed by atoms with E-state index < -0.39 is 25.9 Å². The number of hydrogen-bond acceptors (Lipinski definition) is 5. The molecular weight excluding hydrogens is 336 g/mol. The number of sulfonamides is 1. The predicted molar refractivity (Wildman–Crippen MR) is 82.6 cm³/mol. The fourth-order valence-corrected chi connectivity index (χ4v) is 5.82. The molecule has 21 heavy (non-hydrogen) atoms. The quantitative estimate of drug-likeness (QED) is 0.819. The molecule has 9 heteroatoms. The summed E-state index contributed by atoms with van der Waals surface area (Å²) in [7, 11) is -5.57. The summed E-state index contributed by atoms with van der Waals surface area (Å²) in [4.78, 5) is 0.0219. The molecule has 2 N–H and O–H groups in total. The number of hydrogen-bond donors (Lipinski definition) is 1. The summed E-state index contributed by atoms with van der Waals surface area (Å²) >= 11 is 5.93. The maximum Gasteiger partial charge on any atom is 0.243 e. The number of nitrogen functional groups attached to an aromatic ring is 1. The highest BCUT2D eigenvalue weighted by Crippen LogP contribution is 2.30. The van der Waals surface area contributed by atoms with Crippen molar-refractivity contribution >= 4 is 37.1 Å². The van der Waals surface area contributed by atoms with Gasteiger partial charge in [-0.3, -0.25) is 0 Å². The maximum atomic E-state index is 12.6. The first-order valence-electron chi connectivity index (χ1n) is 6.28. The zero-order chi connectivity index (χ0) is 16.0. The average Bonchev–Trinajstić information content (AvgIpc) is 2.74. The van der Waals surface area contributed by atoms with E-state index in [2.05, 4.69) is 0 Å². The molecule has 1 heterocycles. The molecule has 0 saturated carbocycles. The molecule has 1 atom stereocenters. The highest BCUT2D eigenvalue weighted by atomic mass is 35.5. The zero-order valence-electron chi connectivity index (χ0n) is 11.7. The Labute approximate surface area is 129 Å². The van der Waals surface area contributed by atoms with Crippen molar-refractivity contribution in [3.8, 4) is 0 Å². The molecule has 1 aromatic rings. The number of halogens is 1. The lowest BCUT2D eigenvalue weighted by Crippen LogP contribution is -2.37. The van der Waals surface area contributed by atoms with Crippen LogP contribution in [0.4, 0.5) is 5.69 Å². The van der Waals surface area contributed by atoms with Crippen molar-refractivity contribution < 1.29 is 16.8 Å². The van der Waals surface area contributed by atoms with Gasteiger partial charge in [-0.1, -0.05) is 11.6 Å². The van der Waals surface area contributed by atoms with E-state index in [9.17, 15) is 16.8 Å². The number of nitrogens with zero attached hydrogens (tertiary/aromatic N) is 1. The van der Waals surface area contributed by atoms with Gasteiger partial charge in [-0.2, -0.15) is 4.31 Å². The van der Waals surface area contributed by atoms with Crippen LogP contribution in [-0.4, -0.2) is 45.7 Å². The summed E-state index contributed by atoms with van der Waals surface area (Å²) in [5, 5.41) is 0.319. The summed E-state index contributed by atoms with van der Waals surface area (Å²) in [6.45, 7) is 1.66. The standard InChI is InChI=1S/C12H17ClN2O4S2/c1-8-5-10(6-11(14)12(8)13)21(18,19)15(2)9-3-4-20(16,17)7-9/h5-6,9H,3-4,7,14H2,1-2H3. The molecule has 0 spiro atoms. The second-order valence-corrected chi connectivity index (χ2v) is 9.83. The van der Waals surface area contributed by atoms with Gasteiger partial charge >= 0.3 is 0 Å². The van der Waals surface area contributed by atoms with Crippen LogP contribution in [0.3, 0.4) is 0 Å². The van der Waals surface area contributed by atoms with Gasteiger partial charge in [0.15, 0.2) is 9.84 Å². The number of aryl methyl sites for hydroxylation is 1. The molecule has 1 unspecified atom stereocenters. The van der Waals surface area contributed by atoms with Crippen LogP contribution in [0.25, 0.3) is 0 Å². The summed E-state index contributed by atoms with van der Waals surface area (Å²) in [5.41, 5.74) is 6.45. The molecule has 118 valence electrons. The lowest BCUT2D eigenvalue weighted by molar-refractivity contribution is 0.394. The second kappa shape index (κ2) is 5.42. The van der Waals surface area contributed by atoms with Gasteiger partial charge in [-0.15, -0.1) is 0 Å². The minimum Gasteiger partial charge on any atom is -0.397 e. The Hall–Kier alpha value is -0.830. The van der Waals surface area contributed by atoms with E-state index in [1.54, 1.807) is 6.92 Å². The van der Waals surface area contributed by atoms with Crippen LogP contribution in [0.15, 0.2) is 17.0 Å². The third kappa shape index (κ3) is 3.18. The number of benzene rings is 1. The van der Waals surface area contributed by atoms with Gasteiger partial charge in [-0.25, -0.2) is 16.8 Å². The van der Waals surface area contributed by atoms with Crippen LogP contribution >= 0.6 is 11.6 Å². The van der Waals surface area contributed by atoms with Crippen LogP contribution in [-0.2, 0) is 19.9 Å². The van der Waals surface area contributed by atoms with Gasteiger partial charge in [0.2, 0.25) is 10.0 Å². The number of anilines is 1. The molecular formula is C12H17ClN2O4S2. The van der Waals surface area contributed by atoms with E-state index in [4.69, 9.17) is 17.3 Å². The highest BCUT2D eigenvalue weighted by molar-refractivity contribution is 7.92. The molecule has 1 aromatic carbocycles. The molecule has 1 aliphatic heterocycles. The van der Waals surface area contributed by atoms with Crippen LogP contribution < -0.4 is 5.73 Å². The van der Waals surface area contributed by atoms with Crippen LogP contribution in [0.5, 0.6) is 0 Å². The molecule has 2 rings (SSSR count). The number of sulfone groups is 1. The minimum absolute atomic E-state index is 0.0132. The van der Waals surface area contributed by atoms with E-state index in [0.717, 1.165) is 4.31 Å². The minimum atomic E-state index is -3.80. The van der Waals surface area contributed by atoms with Gasteiger partial charge in [-0.05, 0) is 31.0 Å². The Morgan fingerprint density at radius 3 is 2.48 bits per heavy atom. The molecule has 0 aliphatic carbocycles. The molecule has 6 nitrogen and oxygen atoms in total. The lowest BCUT2D eigenvalue weighted by atomic mass is 10.2. The lowest BCUT2D eigenvalue weighted by Gasteiger charge is -2.23. The van der Waals surface area contributed by atoms with E-state index in [1.807, 2.05) is 0 Å². The van der Waals surface area contributed by atoms with Crippen molar-refractivity contribution in [3.05, 3.63) is 22.7 Å². The van der Waals surface area contributed by atoms with Gasteiger partial charge in [0.05, 0.1) is 27.1 Å². The Kier molecular flexibility index (Phi) is 4.27. The van der Waals surface area contributed by atoms with Crippen molar-refractivity contribution in [3.63, 3.8) is 0 Å². The molecule has 0 aromatic heterocycles. The maximum absolute atomic E-state index is 12.6. The SMILES string of the molecule is Cc1cc(S(=O)(=O)N(C)C2CCS(=O)(=O)C2)cc(N)c1Cl. The van der Waals surface area contributed by atoms with Crippen LogP contribution in [0.1, 0.15) is 12.0 Å². The second-order valence-electron chi connectivity index (χ2n) is 5.22. The summed E-state index contributed by atoms with van der Waals surface area (Å²) < 4.78 is 49.3. The fourth-order valence-electron chi connectivity index (χ4n) is 2.34.